The molecule has 0 bridgehead atoms. The monoisotopic (exact) mass is 201 g/mol. The first-order valence-corrected chi connectivity index (χ1v) is 4.84. The topological polar surface area (TPSA) is 69.4 Å². The Morgan fingerprint density at radius 2 is 2.40 bits per heavy atom. The van der Waals surface area contributed by atoms with E-state index in [-0.39, 0.29) is 0 Å². The molecule has 3 rings (SSSR count). The van der Waals surface area contributed by atoms with Crippen LogP contribution in [0.2, 0.25) is 0 Å². The van der Waals surface area contributed by atoms with E-state index in [1.165, 1.54) is 0 Å². The van der Waals surface area contributed by atoms with E-state index in [0.717, 1.165) is 34.4 Å². The standard InChI is InChI=1S/C10H11N5/c1-11-5-8-14-7-4-13-10-6(2-3-12-10)9(7)15-8/h2-4,11H,5H2,1H3,(H,12,13)(H,14,15). The van der Waals surface area contributed by atoms with Gasteiger partial charge in [-0.05, 0) is 13.1 Å². The average Bonchev–Trinajstić information content (AvgIpc) is 2.80. The van der Waals surface area contributed by atoms with Crippen molar-refractivity contribution in [2.45, 2.75) is 6.54 Å². The molecule has 0 saturated heterocycles. The maximum atomic E-state index is 4.52. The molecule has 0 aliphatic rings. The highest BCUT2D eigenvalue weighted by molar-refractivity contribution is 6.00. The number of aromatic nitrogens is 4. The van der Waals surface area contributed by atoms with Crippen molar-refractivity contribution >= 4 is 22.1 Å². The first-order valence-electron chi connectivity index (χ1n) is 4.84. The van der Waals surface area contributed by atoms with Crippen LogP contribution < -0.4 is 5.32 Å². The minimum atomic E-state index is 0.737. The van der Waals surface area contributed by atoms with Crippen LogP contribution in [0, 0.1) is 0 Å². The van der Waals surface area contributed by atoms with Crippen LogP contribution in [0.25, 0.3) is 22.1 Å². The van der Waals surface area contributed by atoms with E-state index >= 15 is 0 Å². The van der Waals surface area contributed by atoms with Crippen molar-refractivity contribution in [3.8, 4) is 0 Å². The number of nitrogens with zero attached hydrogens (tertiary/aromatic N) is 2. The van der Waals surface area contributed by atoms with Crippen molar-refractivity contribution in [2.75, 3.05) is 7.05 Å². The summed E-state index contributed by atoms with van der Waals surface area (Å²) in [6, 6.07) is 1.99. The number of fused-ring (bicyclic) bond motifs is 3. The Labute approximate surface area is 85.9 Å². The van der Waals surface area contributed by atoms with Crippen LogP contribution in [0.5, 0.6) is 0 Å². The molecule has 5 nitrogen and oxygen atoms in total. The van der Waals surface area contributed by atoms with E-state index in [4.69, 9.17) is 0 Å². The molecule has 0 saturated carbocycles. The Kier molecular flexibility index (Phi) is 1.72. The summed E-state index contributed by atoms with van der Waals surface area (Å²) in [5.41, 5.74) is 2.84. The van der Waals surface area contributed by atoms with Gasteiger partial charge in [0.05, 0.1) is 18.3 Å². The van der Waals surface area contributed by atoms with Gasteiger partial charge in [0, 0.05) is 11.6 Å². The molecular weight excluding hydrogens is 190 g/mol. The largest absolute Gasteiger partial charge is 0.346 e. The Balaban J connectivity index is 2.32. The molecule has 3 aromatic rings. The van der Waals surface area contributed by atoms with Gasteiger partial charge in [0.1, 0.15) is 17.0 Å². The molecule has 0 fully saturated rings. The Hall–Kier alpha value is -1.88. The summed E-state index contributed by atoms with van der Waals surface area (Å²) in [7, 11) is 1.90. The summed E-state index contributed by atoms with van der Waals surface area (Å²) < 4.78 is 0. The Bertz CT molecular complexity index is 606. The molecule has 76 valence electrons. The van der Waals surface area contributed by atoms with Gasteiger partial charge in [-0.25, -0.2) is 9.97 Å². The summed E-state index contributed by atoms with van der Waals surface area (Å²) in [5, 5.41) is 4.13. The second-order valence-corrected chi connectivity index (χ2v) is 3.47. The molecule has 3 aromatic heterocycles. The number of hydrogen-bond donors (Lipinski definition) is 3. The fraction of sp³-hybridized carbons (Fsp3) is 0.200. The van der Waals surface area contributed by atoms with Crippen LogP contribution in [0.3, 0.4) is 0 Å². The molecule has 0 spiro atoms. The van der Waals surface area contributed by atoms with Crippen LogP contribution in [0.15, 0.2) is 18.5 Å². The second kappa shape index (κ2) is 3.06. The number of pyridine rings is 1. The number of rotatable bonds is 2. The molecule has 0 unspecified atom stereocenters. The number of hydrogen-bond acceptors (Lipinski definition) is 3. The molecule has 0 aliphatic carbocycles. The second-order valence-electron chi connectivity index (χ2n) is 3.47. The Morgan fingerprint density at radius 1 is 1.47 bits per heavy atom. The quantitative estimate of drug-likeness (QED) is 0.582. The predicted molar refractivity (Wildman–Crippen MR) is 58.5 cm³/mol. The molecule has 0 atom stereocenters. The van der Waals surface area contributed by atoms with Gasteiger partial charge >= 0.3 is 0 Å². The van der Waals surface area contributed by atoms with Crippen molar-refractivity contribution in [3.05, 3.63) is 24.3 Å². The van der Waals surface area contributed by atoms with E-state index in [1.54, 1.807) is 6.20 Å². The molecule has 0 amide bonds. The van der Waals surface area contributed by atoms with E-state index in [9.17, 15) is 0 Å². The van der Waals surface area contributed by atoms with E-state index < -0.39 is 0 Å². The third kappa shape index (κ3) is 1.20. The Morgan fingerprint density at radius 3 is 3.27 bits per heavy atom. The highest BCUT2D eigenvalue weighted by Gasteiger charge is 2.07. The number of aromatic amines is 2. The van der Waals surface area contributed by atoms with Crippen molar-refractivity contribution < 1.29 is 0 Å². The predicted octanol–water partition coefficient (Wildman–Crippen LogP) is 1.16. The summed E-state index contributed by atoms with van der Waals surface area (Å²) in [6.45, 7) is 0.737. The highest BCUT2D eigenvalue weighted by atomic mass is 15.0. The number of H-pyrrole nitrogens is 2. The van der Waals surface area contributed by atoms with E-state index in [1.807, 2.05) is 19.3 Å². The fourth-order valence-electron chi connectivity index (χ4n) is 1.78. The van der Waals surface area contributed by atoms with Crippen LogP contribution >= 0.6 is 0 Å². The zero-order valence-corrected chi connectivity index (χ0v) is 8.33. The summed E-state index contributed by atoms with van der Waals surface area (Å²) >= 11 is 0. The van der Waals surface area contributed by atoms with Crippen molar-refractivity contribution in [1.82, 2.24) is 25.3 Å². The van der Waals surface area contributed by atoms with Crippen molar-refractivity contribution in [1.29, 1.82) is 0 Å². The third-order valence-corrected chi connectivity index (χ3v) is 2.43. The fourth-order valence-corrected chi connectivity index (χ4v) is 1.78. The van der Waals surface area contributed by atoms with Gasteiger partial charge < -0.3 is 15.3 Å². The lowest BCUT2D eigenvalue weighted by molar-refractivity contribution is 0.775. The van der Waals surface area contributed by atoms with Crippen molar-refractivity contribution in [3.63, 3.8) is 0 Å². The zero-order chi connectivity index (χ0) is 10.3. The molecule has 0 aliphatic heterocycles. The summed E-state index contributed by atoms with van der Waals surface area (Å²) in [6.07, 6.45) is 3.68. The van der Waals surface area contributed by atoms with Gasteiger partial charge in [0.25, 0.3) is 0 Å². The van der Waals surface area contributed by atoms with Gasteiger partial charge in [-0.3, -0.25) is 0 Å². The van der Waals surface area contributed by atoms with Crippen LogP contribution in [-0.4, -0.2) is 27.0 Å². The van der Waals surface area contributed by atoms with Gasteiger partial charge in [-0.2, -0.15) is 0 Å². The SMILES string of the molecule is CNCc1nc2c(cnc3[nH]ccc32)[nH]1. The normalized spacial score (nSPS) is 11.5. The lowest BCUT2D eigenvalue weighted by Gasteiger charge is -1.89. The molecule has 15 heavy (non-hydrogen) atoms. The van der Waals surface area contributed by atoms with Gasteiger partial charge in [-0.15, -0.1) is 0 Å². The first kappa shape index (κ1) is 8.43. The molecule has 0 radical (unpaired) electrons. The maximum Gasteiger partial charge on any atom is 0.139 e. The van der Waals surface area contributed by atoms with Gasteiger partial charge in [0.2, 0.25) is 0 Å². The van der Waals surface area contributed by atoms with Crippen LogP contribution in [-0.2, 0) is 6.54 Å². The zero-order valence-electron chi connectivity index (χ0n) is 8.33. The van der Waals surface area contributed by atoms with Crippen molar-refractivity contribution in [2.24, 2.45) is 0 Å². The average molecular weight is 201 g/mol. The third-order valence-electron chi connectivity index (χ3n) is 2.43. The minimum absolute atomic E-state index is 0.737. The van der Waals surface area contributed by atoms with Gasteiger partial charge in [0.15, 0.2) is 0 Å². The van der Waals surface area contributed by atoms with Crippen LogP contribution in [0.1, 0.15) is 5.82 Å². The lowest BCUT2D eigenvalue weighted by Crippen LogP contribution is -2.06. The van der Waals surface area contributed by atoms with Gasteiger partial charge in [-0.1, -0.05) is 0 Å². The molecule has 5 heteroatoms. The highest BCUT2D eigenvalue weighted by Crippen LogP contribution is 2.20. The minimum Gasteiger partial charge on any atom is -0.346 e. The molecule has 0 aromatic carbocycles. The molecule has 3 heterocycles. The first-order chi connectivity index (χ1) is 7.38. The van der Waals surface area contributed by atoms with E-state index in [2.05, 4.69) is 25.3 Å². The smallest absolute Gasteiger partial charge is 0.139 e. The molecular formula is C10H11N5. The molecule has 3 N–H and O–H groups in total. The summed E-state index contributed by atoms with van der Waals surface area (Å²) in [5.74, 6) is 0.933. The van der Waals surface area contributed by atoms with Crippen LogP contribution in [0.4, 0.5) is 0 Å². The summed E-state index contributed by atoms with van der Waals surface area (Å²) in [4.78, 5) is 15.1. The number of nitrogens with one attached hydrogen (secondary N) is 3. The number of imidazole rings is 1. The van der Waals surface area contributed by atoms with E-state index in [0.29, 0.717) is 0 Å². The maximum absolute atomic E-state index is 4.52. The lowest BCUT2D eigenvalue weighted by atomic mass is 10.3.